The third-order valence-electron chi connectivity index (χ3n) is 3.40. The molecule has 0 aliphatic heterocycles. The van der Waals surface area contributed by atoms with Crippen LogP contribution in [0.5, 0.6) is 5.75 Å². The zero-order valence-corrected chi connectivity index (χ0v) is 12.0. The molecule has 4 heteroatoms. The first kappa shape index (κ1) is 14.3. The summed E-state index contributed by atoms with van der Waals surface area (Å²) >= 11 is 5.00. The van der Waals surface area contributed by atoms with E-state index in [0.29, 0.717) is 24.3 Å². The van der Waals surface area contributed by atoms with Crippen LogP contribution in [0, 0.1) is 0 Å². The molecular formula is C15H21NO2S. The average Bonchev–Trinajstić information content (AvgIpc) is 2.45. The van der Waals surface area contributed by atoms with Crippen molar-refractivity contribution in [2.75, 3.05) is 13.2 Å². The van der Waals surface area contributed by atoms with Gasteiger partial charge in [-0.1, -0.05) is 43.6 Å². The van der Waals surface area contributed by atoms with Crippen molar-refractivity contribution >= 4 is 17.2 Å². The fourth-order valence-electron chi connectivity index (χ4n) is 2.39. The molecule has 19 heavy (non-hydrogen) atoms. The summed E-state index contributed by atoms with van der Waals surface area (Å²) in [5, 5.41) is 0. The Hall–Kier alpha value is -1.13. The zero-order chi connectivity index (χ0) is 13.5. The second-order valence-electron chi connectivity index (χ2n) is 4.84. The average molecular weight is 279 g/mol. The summed E-state index contributed by atoms with van der Waals surface area (Å²) in [6, 6.07) is 7.58. The highest BCUT2D eigenvalue weighted by molar-refractivity contribution is 7.80. The smallest absolute Gasteiger partial charge is 0.129 e. The quantitative estimate of drug-likeness (QED) is 0.642. The number of hydrogen-bond acceptors (Lipinski definition) is 3. The number of thiocarbonyl (C=S) groups is 1. The summed E-state index contributed by atoms with van der Waals surface area (Å²) in [6.45, 7) is 1.16. The van der Waals surface area contributed by atoms with E-state index in [1.807, 2.05) is 24.3 Å². The topological polar surface area (TPSA) is 44.5 Å². The second-order valence-corrected chi connectivity index (χ2v) is 5.28. The molecule has 1 saturated carbocycles. The van der Waals surface area contributed by atoms with Gasteiger partial charge in [-0.25, -0.2) is 0 Å². The Bertz CT molecular complexity index is 416. The standard InChI is InChI=1S/C15H21NO2S/c16-15(19)13-8-4-5-9-14(13)18-11-10-17-12-6-2-1-3-7-12/h4-5,8-9,12H,1-3,6-7,10-11H2,(H2,16,19). The fourth-order valence-corrected chi connectivity index (χ4v) is 2.56. The highest BCUT2D eigenvalue weighted by Crippen LogP contribution is 2.21. The van der Waals surface area contributed by atoms with Gasteiger partial charge in [-0.15, -0.1) is 0 Å². The molecule has 2 rings (SSSR count). The van der Waals surface area contributed by atoms with Crippen molar-refractivity contribution in [1.29, 1.82) is 0 Å². The van der Waals surface area contributed by atoms with Gasteiger partial charge in [0.15, 0.2) is 0 Å². The summed E-state index contributed by atoms with van der Waals surface area (Å²) in [6.07, 6.45) is 6.71. The van der Waals surface area contributed by atoms with E-state index in [4.69, 9.17) is 27.4 Å². The Morgan fingerprint density at radius 3 is 2.63 bits per heavy atom. The van der Waals surface area contributed by atoms with Crippen molar-refractivity contribution in [2.24, 2.45) is 5.73 Å². The first-order valence-corrected chi connectivity index (χ1v) is 7.31. The Morgan fingerprint density at radius 1 is 1.16 bits per heavy atom. The summed E-state index contributed by atoms with van der Waals surface area (Å²) in [5.41, 5.74) is 6.44. The molecule has 2 N–H and O–H groups in total. The van der Waals surface area contributed by atoms with Crippen LogP contribution in [0.4, 0.5) is 0 Å². The van der Waals surface area contributed by atoms with Gasteiger partial charge in [-0.2, -0.15) is 0 Å². The number of para-hydroxylation sites is 1. The third-order valence-corrected chi connectivity index (χ3v) is 3.62. The van der Waals surface area contributed by atoms with Crippen LogP contribution in [-0.2, 0) is 4.74 Å². The molecule has 0 unspecified atom stereocenters. The van der Waals surface area contributed by atoms with Gasteiger partial charge < -0.3 is 15.2 Å². The van der Waals surface area contributed by atoms with Gasteiger partial charge in [0.05, 0.1) is 18.3 Å². The Balaban J connectivity index is 1.74. The van der Waals surface area contributed by atoms with Crippen LogP contribution in [0.1, 0.15) is 37.7 Å². The molecule has 0 aromatic heterocycles. The number of hydrogen-bond donors (Lipinski definition) is 1. The lowest BCUT2D eigenvalue weighted by Crippen LogP contribution is -2.20. The summed E-state index contributed by atoms with van der Waals surface area (Å²) < 4.78 is 11.5. The predicted octanol–water partition coefficient (Wildman–Crippen LogP) is 3.05. The van der Waals surface area contributed by atoms with Crippen molar-refractivity contribution < 1.29 is 9.47 Å². The molecule has 1 aliphatic rings. The van der Waals surface area contributed by atoms with Gasteiger partial charge in [-0.3, -0.25) is 0 Å². The van der Waals surface area contributed by atoms with Gasteiger partial charge in [0.1, 0.15) is 17.3 Å². The molecule has 104 valence electrons. The van der Waals surface area contributed by atoms with Crippen LogP contribution in [0.25, 0.3) is 0 Å². The van der Waals surface area contributed by atoms with Crippen LogP contribution >= 0.6 is 12.2 Å². The molecule has 0 heterocycles. The normalized spacial score (nSPS) is 16.2. The van der Waals surface area contributed by atoms with E-state index in [1.165, 1.54) is 32.1 Å². The molecular weight excluding hydrogens is 258 g/mol. The second kappa shape index (κ2) is 7.46. The lowest BCUT2D eigenvalue weighted by Gasteiger charge is -2.22. The molecule has 3 nitrogen and oxygen atoms in total. The fraction of sp³-hybridized carbons (Fsp3) is 0.533. The van der Waals surface area contributed by atoms with E-state index in [1.54, 1.807) is 0 Å². The van der Waals surface area contributed by atoms with Gasteiger partial charge in [0, 0.05) is 0 Å². The lowest BCUT2D eigenvalue weighted by molar-refractivity contribution is 0.0129. The number of rotatable bonds is 6. The maximum atomic E-state index is 5.82. The summed E-state index contributed by atoms with van der Waals surface area (Å²) in [4.78, 5) is 0.365. The molecule has 1 aromatic carbocycles. The Kier molecular flexibility index (Phi) is 5.61. The molecule has 0 amide bonds. The van der Waals surface area contributed by atoms with Crippen molar-refractivity contribution in [1.82, 2.24) is 0 Å². The summed E-state index contributed by atoms with van der Waals surface area (Å²) in [7, 11) is 0. The highest BCUT2D eigenvalue weighted by atomic mass is 32.1. The Labute approximate surface area is 120 Å². The molecule has 1 aliphatic carbocycles. The zero-order valence-electron chi connectivity index (χ0n) is 11.1. The van der Waals surface area contributed by atoms with Crippen molar-refractivity contribution in [3.8, 4) is 5.75 Å². The number of benzene rings is 1. The minimum Gasteiger partial charge on any atom is -0.490 e. The molecule has 0 atom stereocenters. The molecule has 1 fully saturated rings. The number of ether oxygens (including phenoxy) is 2. The van der Waals surface area contributed by atoms with Crippen molar-refractivity contribution in [2.45, 2.75) is 38.2 Å². The van der Waals surface area contributed by atoms with Crippen molar-refractivity contribution in [3.63, 3.8) is 0 Å². The highest BCUT2D eigenvalue weighted by Gasteiger charge is 2.13. The van der Waals surface area contributed by atoms with Crippen LogP contribution in [0.2, 0.25) is 0 Å². The van der Waals surface area contributed by atoms with E-state index < -0.39 is 0 Å². The number of nitrogens with two attached hydrogens (primary N) is 1. The van der Waals surface area contributed by atoms with Crippen LogP contribution in [-0.4, -0.2) is 24.3 Å². The van der Waals surface area contributed by atoms with E-state index in [9.17, 15) is 0 Å². The molecule has 0 spiro atoms. The van der Waals surface area contributed by atoms with Crippen LogP contribution < -0.4 is 10.5 Å². The monoisotopic (exact) mass is 279 g/mol. The van der Waals surface area contributed by atoms with Crippen LogP contribution in [0.15, 0.2) is 24.3 Å². The van der Waals surface area contributed by atoms with Gasteiger partial charge >= 0.3 is 0 Å². The molecule has 0 bridgehead atoms. The van der Waals surface area contributed by atoms with Gasteiger partial charge in [-0.05, 0) is 25.0 Å². The maximum absolute atomic E-state index is 5.82. The van der Waals surface area contributed by atoms with Crippen LogP contribution in [0.3, 0.4) is 0 Å². The first-order valence-electron chi connectivity index (χ1n) is 6.90. The van der Waals surface area contributed by atoms with Gasteiger partial charge in [0.25, 0.3) is 0 Å². The largest absolute Gasteiger partial charge is 0.490 e. The van der Waals surface area contributed by atoms with E-state index in [2.05, 4.69) is 0 Å². The minimum atomic E-state index is 0.365. The third kappa shape index (κ3) is 4.48. The SMILES string of the molecule is NC(=S)c1ccccc1OCCOC1CCCCC1. The van der Waals surface area contributed by atoms with Crippen molar-refractivity contribution in [3.05, 3.63) is 29.8 Å². The Morgan fingerprint density at radius 2 is 1.89 bits per heavy atom. The minimum absolute atomic E-state index is 0.365. The first-order chi connectivity index (χ1) is 9.27. The molecule has 0 saturated heterocycles. The lowest BCUT2D eigenvalue weighted by atomic mass is 9.98. The molecule has 1 aromatic rings. The summed E-state index contributed by atoms with van der Waals surface area (Å²) in [5.74, 6) is 0.738. The van der Waals surface area contributed by atoms with Gasteiger partial charge in [0.2, 0.25) is 0 Å². The maximum Gasteiger partial charge on any atom is 0.129 e. The van der Waals surface area contributed by atoms with E-state index in [0.717, 1.165) is 11.3 Å². The molecule has 0 radical (unpaired) electrons. The predicted molar refractivity (Wildman–Crippen MR) is 80.6 cm³/mol. The van der Waals surface area contributed by atoms with E-state index in [-0.39, 0.29) is 0 Å². The van der Waals surface area contributed by atoms with E-state index >= 15 is 0 Å².